The number of carbonyl (C=O) groups is 1. The second kappa shape index (κ2) is 9.34. The van der Waals surface area contributed by atoms with E-state index in [0.29, 0.717) is 25.7 Å². The minimum absolute atomic E-state index is 0.0169. The van der Waals surface area contributed by atoms with Crippen LogP contribution in [0.5, 0.6) is 0 Å². The lowest BCUT2D eigenvalue weighted by Crippen LogP contribution is -2.53. The number of benzene rings is 1. The van der Waals surface area contributed by atoms with Crippen molar-refractivity contribution in [2.75, 3.05) is 5.32 Å². The smallest absolute Gasteiger partial charge is 0.365 e. The van der Waals surface area contributed by atoms with E-state index < -0.39 is 47.9 Å². The summed E-state index contributed by atoms with van der Waals surface area (Å²) in [6.07, 6.45) is -5.15. The van der Waals surface area contributed by atoms with Crippen molar-refractivity contribution < 1.29 is 31.1 Å². The number of alkyl halides is 6. The summed E-state index contributed by atoms with van der Waals surface area (Å²) in [5.41, 5.74) is 11.2. The Bertz CT molecular complexity index is 1050. The van der Waals surface area contributed by atoms with Gasteiger partial charge in [0.15, 0.2) is 5.82 Å². The van der Waals surface area contributed by atoms with Crippen molar-refractivity contribution in [2.45, 2.75) is 68.6 Å². The fraction of sp³-hybridized carbons (Fsp3) is 0.545. The third-order valence-electron chi connectivity index (χ3n) is 6.54. The predicted molar refractivity (Wildman–Crippen MR) is 116 cm³/mol. The largest absolute Gasteiger partial charge is 0.416 e. The molecule has 1 aromatic carbocycles. The minimum Gasteiger partial charge on any atom is -0.365 e. The van der Waals surface area contributed by atoms with Crippen LogP contribution in [0.15, 0.2) is 30.5 Å². The van der Waals surface area contributed by atoms with Crippen LogP contribution in [0.4, 0.5) is 37.8 Å². The maximum absolute atomic E-state index is 13.4. The van der Waals surface area contributed by atoms with E-state index in [0.717, 1.165) is 12.1 Å². The zero-order valence-corrected chi connectivity index (χ0v) is 18.5. The van der Waals surface area contributed by atoms with Gasteiger partial charge in [0.2, 0.25) is 0 Å². The van der Waals surface area contributed by atoms with E-state index in [-0.39, 0.29) is 29.5 Å². The van der Waals surface area contributed by atoms with Gasteiger partial charge in [-0.05, 0) is 62.3 Å². The molecular weight excluding hydrogens is 478 g/mol. The number of nitrogens with one attached hydrogen (secondary N) is 2. The first kappa shape index (κ1) is 25.3. The third-order valence-corrected chi connectivity index (χ3v) is 6.54. The van der Waals surface area contributed by atoms with Gasteiger partial charge in [-0.1, -0.05) is 0 Å². The van der Waals surface area contributed by atoms with Gasteiger partial charge in [-0.2, -0.15) is 31.4 Å². The van der Waals surface area contributed by atoms with E-state index in [1.165, 1.54) is 23.0 Å². The topological polar surface area (TPSA) is 111 Å². The lowest BCUT2D eigenvalue weighted by atomic mass is 9.86. The molecule has 1 aromatic heterocycles. The molecule has 2 aliphatic carbocycles. The van der Waals surface area contributed by atoms with Crippen molar-refractivity contribution in [3.63, 3.8) is 0 Å². The van der Waals surface area contributed by atoms with Gasteiger partial charge in [-0.3, -0.25) is 9.48 Å². The van der Waals surface area contributed by atoms with Crippen LogP contribution in [0.2, 0.25) is 0 Å². The highest BCUT2D eigenvalue weighted by Crippen LogP contribution is 2.41. The summed E-state index contributed by atoms with van der Waals surface area (Å²) in [4.78, 5) is 11.9. The maximum atomic E-state index is 13.4. The number of carbonyl (C=O) groups excluding carboxylic acids is 1. The van der Waals surface area contributed by atoms with Crippen LogP contribution < -0.4 is 22.1 Å². The minimum atomic E-state index is -4.49. The highest BCUT2D eigenvalue weighted by atomic mass is 19.4. The van der Waals surface area contributed by atoms with Gasteiger partial charge >= 0.3 is 12.4 Å². The van der Waals surface area contributed by atoms with E-state index >= 15 is 0 Å². The van der Waals surface area contributed by atoms with E-state index in [2.05, 4.69) is 15.7 Å². The van der Waals surface area contributed by atoms with Crippen LogP contribution in [0.3, 0.4) is 0 Å². The molecule has 0 aliphatic heterocycles. The van der Waals surface area contributed by atoms with Gasteiger partial charge in [0, 0.05) is 24.0 Å². The van der Waals surface area contributed by atoms with Gasteiger partial charge in [-0.25, -0.2) is 0 Å². The van der Waals surface area contributed by atoms with Crippen molar-refractivity contribution >= 4 is 17.4 Å². The Kier molecular flexibility index (Phi) is 6.75. The molecule has 13 heteroatoms. The molecule has 192 valence electrons. The summed E-state index contributed by atoms with van der Waals surface area (Å²) < 4.78 is 79.9. The molecule has 35 heavy (non-hydrogen) atoms. The number of aromatic nitrogens is 2. The Morgan fingerprint density at radius 2 is 1.71 bits per heavy atom. The normalized spacial score (nSPS) is 24.3. The molecule has 2 aromatic rings. The molecule has 1 amide bonds. The van der Waals surface area contributed by atoms with Crippen molar-refractivity contribution in [1.82, 2.24) is 15.1 Å². The number of nitrogens with zero attached hydrogens (tertiary/aromatic N) is 2. The van der Waals surface area contributed by atoms with Crippen LogP contribution in [0, 0.1) is 5.92 Å². The predicted octanol–water partition coefficient (Wildman–Crippen LogP) is 4.10. The molecule has 4 rings (SSSR count). The zero-order chi connectivity index (χ0) is 25.5. The molecular formula is C22H26F6N6O. The number of anilines is 2. The zero-order valence-electron chi connectivity index (χ0n) is 18.5. The fourth-order valence-corrected chi connectivity index (χ4v) is 4.56. The van der Waals surface area contributed by atoms with Gasteiger partial charge in [-0.15, -0.1) is 0 Å². The Balaban J connectivity index is 1.46. The summed E-state index contributed by atoms with van der Waals surface area (Å²) in [5, 5.41) is 9.88. The standard InChI is InChI=1S/C22H26F6N6O/c23-21(24,25)12-3-5-13(6-4-12)32-20-15(19(30)35)10-34(33-20)17-8-7-14(9-16(17)29)31-18(11-1-2-11)22(26,27)28/h3-6,10-11,14,16-18,31H,1-2,7-9,29H2,(H2,30,35)(H,32,33)/t14-,16-,17-,18+/m0/s1. The summed E-state index contributed by atoms with van der Waals surface area (Å²) in [5.74, 6) is -1.14. The van der Waals surface area contributed by atoms with Gasteiger partial charge < -0.3 is 22.1 Å². The molecule has 2 saturated carbocycles. The van der Waals surface area contributed by atoms with Gasteiger partial charge in [0.1, 0.15) is 11.6 Å². The summed E-state index contributed by atoms with van der Waals surface area (Å²) in [6.45, 7) is 0. The molecule has 1 heterocycles. The Morgan fingerprint density at radius 1 is 1.06 bits per heavy atom. The lowest BCUT2D eigenvalue weighted by molar-refractivity contribution is -0.163. The monoisotopic (exact) mass is 504 g/mol. The van der Waals surface area contributed by atoms with Gasteiger partial charge in [0.25, 0.3) is 5.91 Å². The highest BCUT2D eigenvalue weighted by molar-refractivity contribution is 5.98. The lowest BCUT2D eigenvalue weighted by Gasteiger charge is -2.37. The average molecular weight is 504 g/mol. The molecule has 0 saturated heterocycles. The first-order chi connectivity index (χ1) is 16.3. The summed E-state index contributed by atoms with van der Waals surface area (Å²) in [6, 6.07) is 1.32. The van der Waals surface area contributed by atoms with Crippen LogP contribution >= 0.6 is 0 Å². The van der Waals surface area contributed by atoms with E-state index in [4.69, 9.17) is 11.5 Å². The Morgan fingerprint density at radius 3 is 2.23 bits per heavy atom. The molecule has 0 bridgehead atoms. The van der Waals surface area contributed by atoms with Crippen LogP contribution in [0.1, 0.15) is 54.1 Å². The first-order valence-electron chi connectivity index (χ1n) is 11.2. The number of hydrogen-bond donors (Lipinski definition) is 4. The van der Waals surface area contributed by atoms with Crippen LogP contribution in [-0.4, -0.2) is 40.0 Å². The summed E-state index contributed by atoms with van der Waals surface area (Å²) >= 11 is 0. The van der Waals surface area contributed by atoms with Gasteiger partial charge in [0.05, 0.1) is 11.6 Å². The molecule has 6 N–H and O–H groups in total. The third kappa shape index (κ3) is 5.89. The quantitative estimate of drug-likeness (QED) is 0.425. The molecule has 7 nitrogen and oxygen atoms in total. The highest BCUT2D eigenvalue weighted by Gasteiger charge is 2.50. The Hall–Kier alpha value is -2.80. The number of primary amides is 1. The number of nitrogens with two attached hydrogens (primary N) is 2. The van der Waals surface area contributed by atoms with Crippen molar-refractivity contribution in [1.29, 1.82) is 0 Å². The van der Waals surface area contributed by atoms with Crippen LogP contribution in [0.25, 0.3) is 0 Å². The Labute approximate surface area is 197 Å². The van der Waals surface area contributed by atoms with Crippen molar-refractivity contribution in [2.24, 2.45) is 17.4 Å². The second-order valence-corrected chi connectivity index (χ2v) is 9.20. The fourth-order valence-electron chi connectivity index (χ4n) is 4.56. The summed E-state index contributed by atoms with van der Waals surface area (Å²) in [7, 11) is 0. The molecule has 2 aliphatic rings. The molecule has 0 radical (unpaired) electrons. The number of hydrogen-bond acceptors (Lipinski definition) is 5. The first-order valence-corrected chi connectivity index (χ1v) is 11.2. The van der Waals surface area contributed by atoms with E-state index in [9.17, 15) is 31.1 Å². The number of rotatable bonds is 7. The van der Waals surface area contributed by atoms with E-state index in [1.807, 2.05) is 0 Å². The number of amides is 1. The molecule has 2 fully saturated rings. The number of halogens is 6. The van der Waals surface area contributed by atoms with Crippen molar-refractivity contribution in [3.8, 4) is 0 Å². The maximum Gasteiger partial charge on any atom is 0.416 e. The van der Waals surface area contributed by atoms with Crippen LogP contribution in [-0.2, 0) is 6.18 Å². The SMILES string of the molecule is NC(=O)c1cn([C@H]2CC[C@H](N[C@H](C3CC3)C(F)(F)F)C[C@@H]2N)nc1Nc1ccc(C(F)(F)F)cc1. The average Bonchev–Trinajstić information content (AvgIpc) is 3.50. The van der Waals surface area contributed by atoms with Crippen molar-refractivity contribution in [3.05, 3.63) is 41.6 Å². The molecule has 0 unspecified atom stereocenters. The molecule has 4 atom stereocenters. The second-order valence-electron chi connectivity index (χ2n) is 9.20. The molecule has 0 spiro atoms. The van der Waals surface area contributed by atoms with E-state index in [1.54, 1.807) is 0 Å².